The second-order valence-corrected chi connectivity index (χ2v) is 3.73. The number of esters is 2. The molecule has 0 saturated heterocycles. The molecule has 0 atom stereocenters. The molecule has 18 heavy (non-hydrogen) atoms. The minimum atomic E-state index is -0.533. The van der Waals surface area contributed by atoms with Crippen molar-refractivity contribution < 1.29 is 23.9 Å². The first-order valence-corrected chi connectivity index (χ1v) is 5.91. The van der Waals surface area contributed by atoms with Crippen LogP contribution in [0.15, 0.2) is 11.6 Å². The zero-order chi connectivity index (χ0) is 14.0. The van der Waals surface area contributed by atoms with E-state index in [0.29, 0.717) is 31.3 Å². The largest absolute Gasteiger partial charge is 0.469 e. The van der Waals surface area contributed by atoms with E-state index in [9.17, 15) is 14.4 Å². The Morgan fingerprint density at radius 3 is 2.17 bits per heavy atom. The van der Waals surface area contributed by atoms with E-state index < -0.39 is 5.97 Å². The van der Waals surface area contributed by atoms with E-state index in [1.54, 1.807) is 6.08 Å². The van der Waals surface area contributed by atoms with Crippen LogP contribution in [0.3, 0.4) is 0 Å². The van der Waals surface area contributed by atoms with E-state index in [1.165, 1.54) is 14.2 Å². The number of methoxy groups -OCH3 is 2. The van der Waals surface area contributed by atoms with Gasteiger partial charge in [0.2, 0.25) is 0 Å². The first-order chi connectivity index (χ1) is 8.54. The fraction of sp³-hybridized carbons (Fsp3) is 0.615. The molecule has 0 aliphatic rings. The molecule has 0 N–H and O–H groups in total. The molecule has 0 aliphatic heterocycles. The first-order valence-electron chi connectivity index (χ1n) is 5.91. The summed E-state index contributed by atoms with van der Waals surface area (Å²) in [6, 6.07) is 0. The maximum Gasteiger partial charge on any atom is 0.313 e. The molecule has 0 unspecified atom stereocenters. The third-order valence-corrected chi connectivity index (χ3v) is 2.48. The van der Waals surface area contributed by atoms with Gasteiger partial charge in [0.05, 0.1) is 14.2 Å². The number of ketones is 1. The molecule has 5 heteroatoms. The van der Waals surface area contributed by atoms with Crippen LogP contribution in [0, 0.1) is 0 Å². The van der Waals surface area contributed by atoms with Crippen LogP contribution < -0.4 is 0 Å². The molecular formula is C13H20O5. The van der Waals surface area contributed by atoms with E-state index in [4.69, 9.17) is 0 Å². The van der Waals surface area contributed by atoms with Gasteiger partial charge in [-0.05, 0) is 24.8 Å². The molecule has 0 aromatic carbocycles. The van der Waals surface area contributed by atoms with Crippen molar-refractivity contribution in [3.63, 3.8) is 0 Å². The highest BCUT2D eigenvalue weighted by atomic mass is 16.5. The normalized spacial score (nSPS) is 10.9. The summed E-state index contributed by atoms with van der Waals surface area (Å²) >= 11 is 0. The standard InChI is InChI=1S/C13H20O5/c1-4-10(11(14)9-13(16)18-3)7-5-6-8-12(15)17-2/h7H,4-6,8-9H2,1-3H3/b10-7+. The first kappa shape index (κ1) is 16.4. The predicted octanol–water partition coefficient (Wildman–Crippen LogP) is 1.80. The van der Waals surface area contributed by atoms with Crippen LogP contribution in [0.1, 0.15) is 39.0 Å². The lowest BCUT2D eigenvalue weighted by Gasteiger charge is -2.03. The van der Waals surface area contributed by atoms with Crippen molar-refractivity contribution in [2.24, 2.45) is 0 Å². The molecule has 5 nitrogen and oxygen atoms in total. The van der Waals surface area contributed by atoms with E-state index in [-0.39, 0.29) is 18.2 Å². The van der Waals surface area contributed by atoms with Crippen molar-refractivity contribution in [2.75, 3.05) is 14.2 Å². The number of allylic oxidation sites excluding steroid dienone is 2. The molecule has 102 valence electrons. The van der Waals surface area contributed by atoms with Crippen molar-refractivity contribution >= 4 is 17.7 Å². The van der Waals surface area contributed by atoms with Gasteiger partial charge in [-0.15, -0.1) is 0 Å². The maximum atomic E-state index is 11.7. The Morgan fingerprint density at radius 1 is 1.06 bits per heavy atom. The fourth-order valence-electron chi connectivity index (χ4n) is 1.40. The molecule has 0 aliphatic carbocycles. The minimum Gasteiger partial charge on any atom is -0.469 e. The van der Waals surface area contributed by atoms with Gasteiger partial charge in [0.1, 0.15) is 6.42 Å². The molecule has 0 rings (SSSR count). The van der Waals surface area contributed by atoms with Crippen molar-refractivity contribution in [2.45, 2.75) is 39.0 Å². The van der Waals surface area contributed by atoms with Crippen molar-refractivity contribution in [1.29, 1.82) is 0 Å². The second kappa shape index (κ2) is 9.39. The van der Waals surface area contributed by atoms with Gasteiger partial charge in [0, 0.05) is 6.42 Å². The van der Waals surface area contributed by atoms with Crippen LogP contribution in [0.25, 0.3) is 0 Å². The van der Waals surface area contributed by atoms with Gasteiger partial charge in [-0.25, -0.2) is 0 Å². The molecule has 0 saturated carbocycles. The van der Waals surface area contributed by atoms with Gasteiger partial charge in [-0.2, -0.15) is 0 Å². The number of carbonyl (C=O) groups is 3. The monoisotopic (exact) mass is 256 g/mol. The van der Waals surface area contributed by atoms with Gasteiger partial charge in [0.25, 0.3) is 0 Å². The van der Waals surface area contributed by atoms with Crippen LogP contribution in [-0.4, -0.2) is 31.9 Å². The fourth-order valence-corrected chi connectivity index (χ4v) is 1.40. The average molecular weight is 256 g/mol. The number of ether oxygens (including phenoxy) is 2. The lowest BCUT2D eigenvalue weighted by atomic mass is 10.0. The Balaban J connectivity index is 4.18. The quantitative estimate of drug-likeness (QED) is 0.286. The van der Waals surface area contributed by atoms with Crippen LogP contribution >= 0.6 is 0 Å². The Kier molecular flexibility index (Phi) is 8.53. The summed E-state index contributed by atoms with van der Waals surface area (Å²) in [5.74, 6) is -1.02. The Hall–Kier alpha value is -1.65. The van der Waals surface area contributed by atoms with E-state index >= 15 is 0 Å². The van der Waals surface area contributed by atoms with Crippen LogP contribution in [-0.2, 0) is 23.9 Å². The zero-order valence-corrected chi connectivity index (χ0v) is 11.2. The summed E-state index contributed by atoms with van der Waals surface area (Å²) in [5.41, 5.74) is 0.602. The second-order valence-electron chi connectivity index (χ2n) is 3.73. The van der Waals surface area contributed by atoms with Crippen molar-refractivity contribution in [3.05, 3.63) is 11.6 Å². The average Bonchev–Trinajstić information content (AvgIpc) is 2.37. The molecule has 0 bridgehead atoms. The maximum absolute atomic E-state index is 11.7. The molecular weight excluding hydrogens is 236 g/mol. The molecule has 0 aromatic heterocycles. The third-order valence-electron chi connectivity index (χ3n) is 2.48. The van der Waals surface area contributed by atoms with E-state index in [2.05, 4.69) is 9.47 Å². The molecule has 0 aromatic rings. The number of unbranched alkanes of at least 4 members (excludes halogenated alkanes) is 1. The number of hydrogen-bond donors (Lipinski definition) is 0. The van der Waals surface area contributed by atoms with Crippen LogP contribution in [0.4, 0.5) is 0 Å². The molecule has 0 spiro atoms. The topological polar surface area (TPSA) is 69.7 Å². The molecule has 0 radical (unpaired) electrons. The summed E-state index contributed by atoms with van der Waals surface area (Å²) in [6.45, 7) is 1.85. The van der Waals surface area contributed by atoms with E-state index in [1.807, 2.05) is 6.92 Å². The SMILES string of the molecule is CC/C(=C\CCCC(=O)OC)C(=O)CC(=O)OC. The van der Waals surface area contributed by atoms with Gasteiger partial charge in [0.15, 0.2) is 5.78 Å². The van der Waals surface area contributed by atoms with Gasteiger partial charge in [-0.1, -0.05) is 13.0 Å². The van der Waals surface area contributed by atoms with Crippen LogP contribution in [0.2, 0.25) is 0 Å². The highest BCUT2D eigenvalue weighted by molar-refractivity contribution is 6.05. The highest BCUT2D eigenvalue weighted by Gasteiger charge is 2.12. The summed E-state index contributed by atoms with van der Waals surface area (Å²) in [4.78, 5) is 33.5. The number of rotatable bonds is 8. The van der Waals surface area contributed by atoms with Crippen molar-refractivity contribution in [1.82, 2.24) is 0 Å². The Labute approximate surface area is 107 Å². The summed E-state index contributed by atoms with van der Waals surface area (Å²) < 4.78 is 8.95. The number of carbonyl (C=O) groups excluding carboxylic acids is 3. The van der Waals surface area contributed by atoms with E-state index in [0.717, 1.165) is 0 Å². The number of Topliss-reactive ketones (excluding diaryl/α,β-unsaturated/α-hetero) is 1. The van der Waals surface area contributed by atoms with Crippen molar-refractivity contribution in [3.8, 4) is 0 Å². The zero-order valence-electron chi connectivity index (χ0n) is 11.2. The summed E-state index contributed by atoms with van der Waals surface area (Å²) in [6.07, 6.45) is 3.68. The summed E-state index contributed by atoms with van der Waals surface area (Å²) in [5, 5.41) is 0. The van der Waals surface area contributed by atoms with Gasteiger partial charge < -0.3 is 9.47 Å². The Bertz CT molecular complexity index is 330. The minimum absolute atomic E-state index is 0.220. The summed E-state index contributed by atoms with van der Waals surface area (Å²) in [7, 11) is 2.59. The lowest BCUT2D eigenvalue weighted by molar-refractivity contribution is -0.143. The predicted molar refractivity (Wildman–Crippen MR) is 65.9 cm³/mol. The highest BCUT2D eigenvalue weighted by Crippen LogP contribution is 2.09. The van der Waals surface area contributed by atoms with Gasteiger partial charge in [-0.3, -0.25) is 14.4 Å². The Morgan fingerprint density at radius 2 is 1.67 bits per heavy atom. The molecule has 0 heterocycles. The van der Waals surface area contributed by atoms with Gasteiger partial charge >= 0.3 is 11.9 Å². The smallest absolute Gasteiger partial charge is 0.313 e. The third kappa shape index (κ3) is 6.83. The molecule has 0 fully saturated rings. The molecule has 0 amide bonds. The van der Waals surface area contributed by atoms with Crippen LogP contribution in [0.5, 0.6) is 0 Å². The lowest BCUT2D eigenvalue weighted by Crippen LogP contribution is -2.11. The number of hydrogen-bond acceptors (Lipinski definition) is 5.